The second-order valence-corrected chi connectivity index (χ2v) is 14.1. The summed E-state index contributed by atoms with van der Waals surface area (Å²) in [6, 6.07) is -4.62. The second-order valence-electron chi connectivity index (χ2n) is 14.1. The highest BCUT2D eigenvalue weighted by molar-refractivity contribution is 5.23. The highest BCUT2D eigenvalue weighted by Gasteiger charge is 2.98. The van der Waals surface area contributed by atoms with Gasteiger partial charge >= 0.3 is 137 Å². The SMILES string of the molecule is FC(F)(F)C(F)(F)C(F)(F)C(F)(F)C(F)(F)C(F)(F)COc1nc(C(F)(F)C(F)(F)C(F)(F)C(F)(F)C(F)(F)C(F)(F)C(F)(F)C(F)(F)F)nc(C(F)(F)C(F)(F)C(F)(F)C(F)(F)C(F)(F)C(F)(F)C(F)(F)C(F)(F)F)n1. The molecular formula is C26H2F47N3O. The van der Waals surface area contributed by atoms with Crippen molar-refractivity contribution >= 4 is 0 Å². The molecule has 1 rings (SSSR count). The first-order chi connectivity index (χ1) is 32.5. The molecule has 77 heavy (non-hydrogen) atoms. The lowest BCUT2D eigenvalue weighted by molar-refractivity contribution is -0.463. The zero-order valence-corrected chi connectivity index (χ0v) is 32.7. The molecule has 0 amide bonds. The van der Waals surface area contributed by atoms with Crippen molar-refractivity contribution in [2.24, 2.45) is 0 Å². The van der Waals surface area contributed by atoms with Crippen LogP contribution in [0.5, 0.6) is 6.01 Å². The number of ether oxygens (including phenoxy) is 1. The Morgan fingerprint density at radius 3 is 0.571 bits per heavy atom. The molecule has 0 aromatic carbocycles. The first kappa shape index (κ1) is 70.5. The van der Waals surface area contributed by atoms with Gasteiger partial charge in [-0.05, 0) is 0 Å². The van der Waals surface area contributed by atoms with Gasteiger partial charge in [-0.3, -0.25) is 0 Å². The fourth-order valence-corrected chi connectivity index (χ4v) is 4.36. The van der Waals surface area contributed by atoms with Gasteiger partial charge in [0, 0.05) is 0 Å². The maximum atomic E-state index is 15.0. The van der Waals surface area contributed by atoms with E-state index in [-0.39, 0.29) is 0 Å². The summed E-state index contributed by atoms with van der Waals surface area (Å²) in [4.78, 5) is 1.67. The molecule has 456 valence electrons. The van der Waals surface area contributed by atoms with Gasteiger partial charge in [0.25, 0.3) is 0 Å². The van der Waals surface area contributed by atoms with E-state index >= 15 is 0 Å². The third-order valence-corrected chi connectivity index (χ3v) is 9.00. The number of hydrogen-bond donors (Lipinski definition) is 0. The normalized spacial score (nSPS) is 16.8. The van der Waals surface area contributed by atoms with Crippen LogP contribution in [0.2, 0.25) is 0 Å². The number of halogens is 47. The average Bonchev–Trinajstić information content (AvgIpc) is 3.20. The van der Waals surface area contributed by atoms with Crippen molar-refractivity contribution in [3.8, 4) is 6.01 Å². The van der Waals surface area contributed by atoms with Crippen molar-refractivity contribution in [2.75, 3.05) is 6.61 Å². The first-order valence-electron chi connectivity index (χ1n) is 16.3. The summed E-state index contributed by atoms with van der Waals surface area (Å²) < 4.78 is 645. The van der Waals surface area contributed by atoms with Gasteiger partial charge in [-0.2, -0.15) is 216 Å². The predicted molar refractivity (Wildman–Crippen MR) is 135 cm³/mol. The van der Waals surface area contributed by atoms with Crippen LogP contribution >= 0.6 is 0 Å². The third-order valence-electron chi connectivity index (χ3n) is 9.00. The van der Waals surface area contributed by atoms with Crippen LogP contribution in [0, 0.1) is 0 Å². The minimum absolute atomic E-state index is 0.308. The highest BCUT2D eigenvalue weighted by Crippen LogP contribution is 2.68. The standard InChI is InChI=1S/C26H2F47N3O/c27-5(28,8(33,34)11(39,40)18(53,54)21(59,60)24(65,66)67)1-77-4-75-2(6(29,30)9(35,36)12(41,42)14(45,46)16(49,50)19(55,56)22(61,62)25(68,69)70)74-3(76-4)7(31,32)10(37,38)13(43,44)15(47,48)17(51,52)20(57,58)23(63,64)26(71,72)73/h1H2. The van der Waals surface area contributed by atoms with Crippen molar-refractivity contribution in [1.82, 2.24) is 15.0 Å². The van der Waals surface area contributed by atoms with Gasteiger partial charge in [-0.25, -0.2) is 4.98 Å². The van der Waals surface area contributed by atoms with Crippen LogP contribution in [-0.2, 0) is 11.8 Å². The van der Waals surface area contributed by atoms with Crippen LogP contribution in [0.3, 0.4) is 0 Å². The van der Waals surface area contributed by atoms with Crippen LogP contribution in [0.15, 0.2) is 0 Å². The minimum atomic E-state index is -9.95. The van der Waals surface area contributed by atoms with Gasteiger partial charge in [0.05, 0.1) is 0 Å². The molecule has 1 aromatic heterocycles. The molecule has 0 atom stereocenters. The van der Waals surface area contributed by atoms with Crippen molar-refractivity contribution in [2.45, 2.75) is 131 Å². The predicted octanol–water partition coefficient (Wildman–Crippen LogP) is 14.9. The molecule has 0 aliphatic rings. The average molecular weight is 1270 g/mol. The monoisotopic (exact) mass is 1260 g/mol. The Morgan fingerprint density at radius 2 is 0.377 bits per heavy atom. The molecule has 51 heteroatoms. The Kier molecular flexibility index (Phi) is 16.3. The van der Waals surface area contributed by atoms with Crippen LogP contribution in [0.4, 0.5) is 206 Å². The van der Waals surface area contributed by atoms with Crippen LogP contribution in [0.25, 0.3) is 0 Å². The molecule has 1 aromatic rings. The Hall–Kier alpha value is -4.48. The Morgan fingerprint density at radius 1 is 0.208 bits per heavy atom. The van der Waals surface area contributed by atoms with Gasteiger partial charge in [-0.1, -0.05) is 0 Å². The van der Waals surface area contributed by atoms with E-state index in [1.807, 2.05) is 0 Å². The molecule has 0 unspecified atom stereocenters. The van der Waals surface area contributed by atoms with Crippen molar-refractivity contribution in [1.29, 1.82) is 0 Å². The van der Waals surface area contributed by atoms with E-state index in [0.29, 0.717) is 15.0 Å². The quantitative estimate of drug-likeness (QED) is 0.115. The Bertz CT molecular complexity index is 2180. The largest absolute Gasteiger partial charge is 0.460 e. The van der Waals surface area contributed by atoms with Gasteiger partial charge in [0.15, 0.2) is 6.61 Å². The van der Waals surface area contributed by atoms with E-state index in [2.05, 4.69) is 4.74 Å². The van der Waals surface area contributed by atoms with Crippen molar-refractivity contribution < 1.29 is 211 Å². The zero-order valence-electron chi connectivity index (χ0n) is 32.7. The van der Waals surface area contributed by atoms with Crippen molar-refractivity contribution in [3.05, 3.63) is 11.6 Å². The lowest BCUT2D eigenvalue weighted by Gasteiger charge is -2.43. The summed E-state index contributed by atoms with van der Waals surface area (Å²) in [6.07, 6.45) is -25.4. The van der Waals surface area contributed by atoms with Crippen molar-refractivity contribution in [3.63, 3.8) is 0 Å². The third kappa shape index (κ3) is 8.95. The van der Waals surface area contributed by atoms with E-state index in [1.54, 1.807) is 0 Å². The Labute approximate surface area is 382 Å². The van der Waals surface area contributed by atoms with E-state index in [4.69, 9.17) is 0 Å². The lowest BCUT2D eigenvalue weighted by atomic mass is 9.88. The maximum Gasteiger partial charge on any atom is 0.460 e. The molecular weight excluding hydrogens is 1260 g/mol. The van der Waals surface area contributed by atoms with Gasteiger partial charge in [-0.15, -0.1) is 0 Å². The van der Waals surface area contributed by atoms with E-state index in [0.717, 1.165) is 0 Å². The Balaban J connectivity index is 4.67. The lowest BCUT2D eigenvalue weighted by Crippen LogP contribution is -2.74. The number of alkyl halides is 47. The molecule has 0 spiro atoms. The number of rotatable bonds is 21. The molecule has 0 radical (unpaired) electrons. The number of hydrogen-bond acceptors (Lipinski definition) is 4. The van der Waals surface area contributed by atoms with Gasteiger partial charge in [0.1, 0.15) is 0 Å². The molecule has 0 N–H and O–H groups in total. The summed E-state index contributed by atoms with van der Waals surface area (Å²) in [7, 11) is 0. The molecule has 0 fully saturated rings. The molecule has 0 saturated heterocycles. The van der Waals surface area contributed by atoms with E-state index in [1.165, 1.54) is 0 Å². The fraction of sp³-hybridized carbons (Fsp3) is 0.885. The van der Waals surface area contributed by atoms with E-state index in [9.17, 15) is 206 Å². The molecule has 1 heterocycles. The minimum Gasteiger partial charge on any atom is -0.457 e. The molecule has 4 nitrogen and oxygen atoms in total. The fourth-order valence-electron chi connectivity index (χ4n) is 4.36. The zero-order chi connectivity index (χ0) is 63.3. The second kappa shape index (κ2) is 17.8. The first-order valence-corrected chi connectivity index (χ1v) is 16.3. The highest BCUT2D eigenvalue weighted by atomic mass is 19.5. The smallest absolute Gasteiger partial charge is 0.457 e. The molecule has 0 saturated carbocycles. The molecule has 0 aliphatic carbocycles. The van der Waals surface area contributed by atoms with Crippen LogP contribution in [0.1, 0.15) is 11.6 Å². The number of aromatic nitrogens is 3. The van der Waals surface area contributed by atoms with Crippen LogP contribution < -0.4 is 4.74 Å². The number of nitrogens with zero attached hydrogens (tertiary/aromatic N) is 3. The summed E-state index contributed by atoms with van der Waals surface area (Å²) in [6.45, 7) is -5.05. The molecule has 0 bridgehead atoms. The van der Waals surface area contributed by atoms with Gasteiger partial charge in [0.2, 0.25) is 11.6 Å². The summed E-state index contributed by atoms with van der Waals surface area (Å²) in [5, 5.41) is 0. The summed E-state index contributed by atoms with van der Waals surface area (Å²) >= 11 is 0. The van der Waals surface area contributed by atoms with E-state index < -0.39 is 155 Å². The van der Waals surface area contributed by atoms with Gasteiger partial charge < -0.3 is 4.74 Å². The van der Waals surface area contributed by atoms with Crippen LogP contribution in [-0.4, -0.2) is 141 Å². The molecule has 0 aliphatic heterocycles. The topological polar surface area (TPSA) is 47.9 Å². The maximum absolute atomic E-state index is 15.0. The summed E-state index contributed by atoms with van der Waals surface area (Å²) in [5.41, 5.74) is 0. The summed E-state index contributed by atoms with van der Waals surface area (Å²) in [5.74, 6) is -190.